The molecule has 38 heavy (non-hydrogen) atoms. The van der Waals surface area contributed by atoms with Gasteiger partial charge < -0.3 is 25.0 Å². The molecule has 3 atom stereocenters. The third-order valence-electron chi connectivity index (χ3n) is 6.04. The molecule has 0 unspecified atom stereocenters. The lowest BCUT2D eigenvalue weighted by atomic mass is 10.0. The minimum atomic E-state index is -0.860. The Kier molecular flexibility index (Phi) is 10.2. The fourth-order valence-corrected chi connectivity index (χ4v) is 4.92. The zero-order valence-electron chi connectivity index (χ0n) is 20.9. The topological polar surface area (TPSA) is 131 Å². The van der Waals surface area contributed by atoms with Crippen molar-refractivity contribution in [3.63, 3.8) is 0 Å². The van der Waals surface area contributed by atoms with Gasteiger partial charge in [0.15, 0.2) is 11.4 Å². The van der Waals surface area contributed by atoms with Crippen LogP contribution in [0.1, 0.15) is 61.2 Å². The number of amides is 1. The van der Waals surface area contributed by atoms with Gasteiger partial charge in [-0.25, -0.2) is 9.97 Å². The normalized spacial score (nSPS) is 19.1. The summed E-state index contributed by atoms with van der Waals surface area (Å²) in [7, 11) is 0. The van der Waals surface area contributed by atoms with Gasteiger partial charge >= 0.3 is 5.97 Å². The van der Waals surface area contributed by atoms with Crippen molar-refractivity contribution in [3.05, 3.63) is 83.7 Å². The van der Waals surface area contributed by atoms with E-state index in [0.717, 1.165) is 16.7 Å². The predicted molar refractivity (Wildman–Crippen MR) is 142 cm³/mol. The molecule has 9 nitrogen and oxygen atoms in total. The Bertz CT molecular complexity index is 1190. The van der Waals surface area contributed by atoms with Gasteiger partial charge in [0.1, 0.15) is 0 Å². The van der Waals surface area contributed by atoms with E-state index in [1.54, 1.807) is 24.5 Å². The molecule has 1 aromatic heterocycles. The monoisotopic (exact) mass is 537 g/mol. The van der Waals surface area contributed by atoms with E-state index in [1.807, 2.05) is 42.5 Å². The van der Waals surface area contributed by atoms with Crippen LogP contribution in [0.2, 0.25) is 0 Å². The number of unbranched alkanes of at least 4 members (excludes halogenated alkanes) is 1. The Morgan fingerprint density at radius 3 is 2.47 bits per heavy atom. The fourth-order valence-electron chi connectivity index (χ4n) is 4.10. The number of ether oxygens (including phenoxy) is 2. The lowest BCUT2D eigenvalue weighted by molar-refractivity contribution is -0.245. The van der Waals surface area contributed by atoms with Crippen LogP contribution in [0.3, 0.4) is 0 Å². The number of benzene rings is 2. The van der Waals surface area contributed by atoms with Gasteiger partial charge in [0, 0.05) is 48.7 Å². The number of nitrogens with one attached hydrogen (secondary N) is 1. The summed E-state index contributed by atoms with van der Waals surface area (Å²) in [6.07, 6.45) is 4.31. The van der Waals surface area contributed by atoms with Gasteiger partial charge in [0.05, 0.1) is 18.8 Å². The highest BCUT2D eigenvalue weighted by Crippen LogP contribution is 2.39. The maximum Gasteiger partial charge on any atom is 0.303 e. The molecule has 0 spiro atoms. The number of aromatic nitrogens is 2. The fraction of sp³-hybridized carbons (Fsp3) is 0.357. The first-order valence-electron chi connectivity index (χ1n) is 12.5. The van der Waals surface area contributed by atoms with Crippen LogP contribution in [0.4, 0.5) is 5.69 Å². The van der Waals surface area contributed by atoms with Gasteiger partial charge in [-0.2, -0.15) is 0 Å². The van der Waals surface area contributed by atoms with Crippen LogP contribution in [0.25, 0.3) is 0 Å². The van der Waals surface area contributed by atoms with E-state index >= 15 is 0 Å². The molecule has 0 aliphatic carbocycles. The van der Waals surface area contributed by atoms with Gasteiger partial charge in [-0.15, -0.1) is 0 Å². The highest BCUT2D eigenvalue weighted by Gasteiger charge is 2.32. The summed E-state index contributed by atoms with van der Waals surface area (Å²) in [5.41, 5.74) is 3.22. The Labute approximate surface area is 225 Å². The first kappa shape index (κ1) is 27.7. The van der Waals surface area contributed by atoms with E-state index in [0.29, 0.717) is 35.9 Å². The van der Waals surface area contributed by atoms with Crippen molar-refractivity contribution in [1.29, 1.82) is 0 Å². The smallest absolute Gasteiger partial charge is 0.303 e. The molecule has 0 bridgehead atoms. The lowest BCUT2D eigenvalue weighted by Crippen LogP contribution is -2.31. The van der Waals surface area contributed by atoms with Crippen molar-refractivity contribution < 1.29 is 29.3 Å². The number of carboxylic acids is 1. The molecule has 1 aliphatic rings. The zero-order chi connectivity index (χ0) is 26.7. The van der Waals surface area contributed by atoms with Gasteiger partial charge in [-0.3, -0.25) is 9.59 Å². The summed E-state index contributed by atoms with van der Waals surface area (Å²) >= 11 is 1.52. The summed E-state index contributed by atoms with van der Waals surface area (Å²) in [5, 5.41) is 21.7. The maximum atomic E-state index is 12.4. The van der Waals surface area contributed by atoms with Crippen LogP contribution in [0.15, 0.2) is 72.1 Å². The SMILES string of the molecule is O=C(O)CCCCC(=O)Nc1cccc([C@@H]2O[C@H](CSc3ncccn3)C[C@H](c3ccc(CO)cc3)O2)c1. The molecule has 1 aliphatic heterocycles. The average Bonchev–Trinajstić information content (AvgIpc) is 2.95. The number of thioether (sulfide) groups is 1. The molecule has 4 rings (SSSR count). The third kappa shape index (κ3) is 8.35. The maximum absolute atomic E-state index is 12.4. The number of anilines is 1. The Balaban J connectivity index is 1.45. The minimum absolute atomic E-state index is 0.0219. The Hall–Kier alpha value is -3.31. The second kappa shape index (κ2) is 14.0. The van der Waals surface area contributed by atoms with E-state index < -0.39 is 12.3 Å². The molecular formula is C28H31N3O6S. The van der Waals surface area contributed by atoms with Crippen LogP contribution in [0, 0.1) is 0 Å². The number of aliphatic hydroxyl groups is 1. The van der Waals surface area contributed by atoms with E-state index in [-0.39, 0.29) is 37.6 Å². The van der Waals surface area contributed by atoms with Crippen LogP contribution in [0.5, 0.6) is 0 Å². The molecule has 10 heteroatoms. The minimum Gasteiger partial charge on any atom is -0.481 e. The quantitative estimate of drug-likeness (QED) is 0.168. The summed E-state index contributed by atoms with van der Waals surface area (Å²) in [5.74, 6) is -0.389. The van der Waals surface area contributed by atoms with Crippen molar-refractivity contribution >= 4 is 29.3 Å². The van der Waals surface area contributed by atoms with Gasteiger partial charge in [-0.1, -0.05) is 48.2 Å². The molecule has 0 saturated carbocycles. The first-order chi connectivity index (χ1) is 18.5. The van der Waals surface area contributed by atoms with Crippen molar-refractivity contribution in [2.24, 2.45) is 0 Å². The molecule has 1 saturated heterocycles. The van der Waals surface area contributed by atoms with Crippen LogP contribution < -0.4 is 5.32 Å². The summed E-state index contributed by atoms with van der Waals surface area (Å²) in [6, 6.07) is 16.8. The number of carboxylic acid groups (broad SMARTS) is 1. The highest BCUT2D eigenvalue weighted by molar-refractivity contribution is 7.99. The van der Waals surface area contributed by atoms with E-state index in [1.165, 1.54) is 11.8 Å². The van der Waals surface area contributed by atoms with Crippen LogP contribution >= 0.6 is 11.8 Å². The number of carbonyl (C=O) groups is 2. The van der Waals surface area contributed by atoms with Crippen LogP contribution in [-0.2, 0) is 25.7 Å². The van der Waals surface area contributed by atoms with Gasteiger partial charge in [0.2, 0.25) is 5.91 Å². The number of nitrogens with zero attached hydrogens (tertiary/aromatic N) is 2. The molecule has 2 aromatic carbocycles. The van der Waals surface area contributed by atoms with Gasteiger partial charge in [-0.05, 0) is 42.2 Å². The zero-order valence-corrected chi connectivity index (χ0v) is 21.7. The van der Waals surface area contributed by atoms with Crippen molar-refractivity contribution in [2.75, 3.05) is 11.1 Å². The summed E-state index contributed by atoms with van der Waals surface area (Å²) in [6.45, 7) is -0.0219. The Morgan fingerprint density at radius 2 is 1.74 bits per heavy atom. The lowest BCUT2D eigenvalue weighted by Gasteiger charge is -2.36. The molecular weight excluding hydrogens is 506 g/mol. The molecule has 3 N–H and O–H groups in total. The Morgan fingerprint density at radius 1 is 0.974 bits per heavy atom. The standard InChI is InChI=1S/C28H31N3O6S/c32-17-19-9-11-20(12-10-19)24-16-23(18-38-28-29-13-4-14-30-28)36-27(37-24)21-5-3-6-22(15-21)31-25(33)7-1-2-8-26(34)35/h3-6,9-15,23-24,27,32H,1-2,7-8,16-18H2,(H,31,33)(H,34,35)/t23-,24+,27+/m0/s1. The predicted octanol–water partition coefficient (Wildman–Crippen LogP) is 4.89. The molecule has 3 aromatic rings. The average molecular weight is 538 g/mol. The molecule has 200 valence electrons. The first-order valence-corrected chi connectivity index (χ1v) is 13.5. The number of aliphatic carboxylic acids is 1. The largest absolute Gasteiger partial charge is 0.481 e. The van der Waals surface area contributed by atoms with Crippen LogP contribution in [-0.4, -0.2) is 43.9 Å². The number of carbonyl (C=O) groups excluding carboxylic acids is 1. The second-order valence-corrected chi connectivity index (χ2v) is 9.95. The van der Waals surface area contributed by atoms with E-state index in [9.17, 15) is 14.7 Å². The van der Waals surface area contributed by atoms with E-state index in [2.05, 4.69) is 15.3 Å². The van der Waals surface area contributed by atoms with Crippen molar-refractivity contribution in [1.82, 2.24) is 9.97 Å². The molecule has 1 fully saturated rings. The van der Waals surface area contributed by atoms with E-state index in [4.69, 9.17) is 14.6 Å². The highest BCUT2D eigenvalue weighted by atomic mass is 32.2. The summed E-state index contributed by atoms with van der Waals surface area (Å²) < 4.78 is 12.7. The number of hydrogen-bond donors (Lipinski definition) is 3. The molecule has 0 radical (unpaired) electrons. The second-order valence-electron chi connectivity index (χ2n) is 8.97. The van der Waals surface area contributed by atoms with Gasteiger partial charge in [0.25, 0.3) is 0 Å². The summed E-state index contributed by atoms with van der Waals surface area (Å²) in [4.78, 5) is 31.6. The number of aliphatic hydroxyl groups excluding tert-OH is 1. The number of rotatable bonds is 12. The third-order valence-corrected chi connectivity index (χ3v) is 7.05. The number of hydrogen-bond acceptors (Lipinski definition) is 8. The molecule has 1 amide bonds. The van der Waals surface area contributed by atoms with Crippen molar-refractivity contribution in [2.45, 2.75) is 62.4 Å². The molecule has 2 heterocycles. The van der Waals surface area contributed by atoms with Crippen molar-refractivity contribution in [3.8, 4) is 0 Å².